The molecule has 8 nitrogen and oxygen atoms in total. The van der Waals surface area contributed by atoms with Crippen LogP contribution in [0.2, 0.25) is 0 Å². The largest absolute Gasteiger partial charge is 0.493 e. The molecule has 4 bridgehead atoms. The molecule has 4 aliphatic carbocycles. The molecule has 4 fully saturated rings. The number of carbonyl (C=O) groups excluding carboxylic acids is 1. The summed E-state index contributed by atoms with van der Waals surface area (Å²) in [7, 11) is -0.645. The van der Waals surface area contributed by atoms with Gasteiger partial charge in [-0.15, -0.1) is 0 Å². The number of nitrogens with zero attached hydrogens (tertiary/aromatic N) is 1. The highest BCUT2D eigenvalue weighted by Crippen LogP contribution is 2.55. The van der Waals surface area contributed by atoms with Crippen LogP contribution in [0, 0.1) is 17.8 Å². The van der Waals surface area contributed by atoms with E-state index in [1.807, 2.05) is 6.07 Å². The smallest absolute Gasteiger partial charge is 0.318 e. The maximum Gasteiger partial charge on any atom is 0.318 e. The SMILES string of the molecule is COCCN(Cc1ccc(OC)c(OS(C)(=O)=O)c1)C(=O)NC12CC3CC(CC(C3)C1)C2. The van der Waals surface area contributed by atoms with Gasteiger partial charge in [-0.25, -0.2) is 4.79 Å². The molecule has 4 saturated carbocycles. The van der Waals surface area contributed by atoms with Gasteiger partial charge in [0.1, 0.15) is 0 Å². The Kier molecular flexibility index (Phi) is 6.58. The summed E-state index contributed by atoms with van der Waals surface area (Å²) in [5.41, 5.74) is 0.669. The summed E-state index contributed by atoms with van der Waals surface area (Å²) in [6.07, 6.45) is 8.18. The molecule has 0 unspecified atom stereocenters. The minimum absolute atomic E-state index is 0.0817. The number of urea groups is 1. The highest BCUT2D eigenvalue weighted by atomic mass is 32.2. The lowest BCUT2D eigenvalue weighted by Gasteiger charge is -2.57. The average Bonchev–Trinajstić information content (AvgIpc) is 2.68. The van der Waals surface area contributed by atoms with Gasteiger partial charge < -0.3 is 23.9 Å². The number of rotatable bonds is 9. The van der Waals surface area contributed by atoms with Gasteiger partial charge in [-0.2, -0.15) is 8.42 Å². The zero-order valence-electron chi connectivity index (χ0n) is 19.1. The van der Waals surface area contributed by atoms with Gasteiger partial charge in [-0.05, 0) is 74.0 Å². The van der Waals surface area contributed by atoms with Crippen LogP contribution in [-0.4, -0.2) is 58.5 Å². The Balaban J connectivity index is 1.50. The van der Waals surface area contributed by atoms with Crippen molar-refractivity contribution in [3.8, 4) is 11.5 Å². The van der Waals surface area contributed by atoms with Gasteiger partial charge in [0, 0.05) is 25.7 Å². The molecule has 1 aromatic rings. The second kappa shape index (κ2) is 9.09. The molecular weight excluding hydrogens is 432 g/mol. The summed E-state index contributed by atoms with van der Waals surface area (Å²) < 4.78 is 38.8. The zero-order chi connectivity index (χ0) is 22.9. The van der Waals surface area contributed by atoms with Crippen LogP contribution in [0.4, 0.5) is 4.79 Å². The molecule has 4 aliphatic rings. The second-order valence-electron chi connectivity index (χ2n) is 9.82. The number of ether oxygens (including phenoxy) is 2. The Labute approximate surface area is 190 Å². The van der Waals surface area contributed by atoms with Crippen LogP contribution in [0.15, 0.2) is 18.2 Å². The van der Waals surface area contributed by atoms with E-state index < -0.39 is 10.1 Å². The van der Waals surface area contributed by atoms with Crippen LogP contribution in [0.25, 0.3) is 0 Å². The maximum absolute atomic E-state index is 13.4. The van der Waals surface area contributed by atoms with E-state index in [9.17, 15) is 13.2 Å². The average molecular weight is 467 g/mol. The lowest BCUT2D eigenvalue weighted by molar-refractivity contribution is -0.0161. The predicted octanol–water partition coefficient (Wildman–Crippen LogP) is 3.16. The van der Waals surface area contributed by atoms with E-state index in [-0.39, 0.29) is 17.3 Å². The standard InChI is InChI=1S/C23H34N2O6S/c1-29-7-6-25(15-16-4-5-20(30-2)21(11-16)31-32(3,27)28)22(26)24-23-12-17-8-18(13-23)10-19(9-17)14-23/h4-5,11,17-19H,6-10,12-15H2,1-3H3,(H,24,26). The fourth-order valence-corrected chi connectivity index (χ4v) is 6.75. The fourth-order valence-electron chi connectivity index (χ4n) is 6.29. The van der Waals surface area contributed by atoms with E-state index in [1.54, 1.807) is 24.1 Å². The first-order valence-corrected chi connectivity index (χ1v) is 13.1. The van der Waals surface area contributed by atoms with Gasteiger partial charge >= 0.3 is 16.1 Å². The first-order valence-electron chi connectivity index (χ1n) is 11.3. The molecule has 0 aromatic heterocycles. The molecule has 0 radical (unpaired) electrons. The summed E-state index contributed by atoms with van der Waals surface area (Å²) in [5.74, 6) is 2.66. The third-order valence-electron chi connectivity index (χ3n) is 7.11. The molecule has 32 heavy (non-hydrogen) atoms. The molecule has 9 heteroatoms. The topological polar surface area (TPSA) is 94.2 Å². The van der Waals surface area contributed by atoms with Gasteiger partial charge in [-0.1, -0.05) is 6.07 Å². The molecule has 178 valence electrons. The van der Waals surface area contributed by atoms with E-state index in [4.69, 9.17) is 13.7 Å². The highest BCUT2D eigenvalue weighted by Gasteiger charge is 2.51. The summed E-state index contributed by atoms with van der Waals surface area (Å²) in [5, 5.41) is 3.41. The molecular formula is C23H34N2O6S. The van der Waals surface area contributed by atoms with Crippen molar-refractivity contribution >= 4 is 16.1 Å². The van der Waals surface area contributed by atoms with Crippen molar-refractivity contribution in [3.05, 3.63) is 23.8 Å². The van der Waals surface area contributed by atoms with E-state index >= 15 is 0 Å². The van der Waals surface area contributed by atoms with E-state index in [0.717, 1.165) is 48.8 Å². The Bertz CT molecular complexity index is 913. The third kappa shape index (κ3) is 5.31. The lowest BCUT2D eigenvalue weighted by atomic mass is 9.53. The van der Waals surface area contributed by atoms with Gasteiger partial charge in [0.05, 0.1) is 20.0 Å². The molecule has 2 amide bonds. The van der Waals surface area contributed by atoms with Crippen LogP contribution in [0.5, 0.6) is 11.5 Å². The normalized spacial score (nSPS) is 28.4. The van der Waals surface area contributed by atoms with Gasteiger partial charge in [0.2, 0.25) is 0 Å². The molecule has 0 aliphatic heterocycles. The molecule has 1 N–H and O–H groups in total. The number of benzene rings is 1. The van der Waals surface area contributed by atoms with E-state index in [1.165, 1.54) is 26.4 Å². The Hall–Kier alpha value is -2.00. The highest BCUT2D eigenvalue weighted by molar-refractivity contribution is 7.86. The molecule has 0 atom stereocenters. The van der Waals surface area contributed by atoms with Crippen LogP contribution >= 0.6 is 0 Å². The maximum atomic E-state index is 13.4. The summed E-state index contributed by atoms with van der Waals surface area (Å²) in [6.45, 7) is 1.16. The monoisotopic (exact) mass is 466 g/mol. The van der Waals surface area contributed by atoms with Crippen molar-refractivity contribution < 1.29 is 26.9 Å². The first kappa shape index (κ1) is 23.2. The predicted molar refractivity (Wildman–Crippen MR) is 120 cm³/mol. The Morgan fingerprint density at radius 2 is 1.72 bits per heavy atom. The molecule has 0 saturated heterocycles. The summed E-state index contributed by atoms with van der Waals surface area (Å²) in [4.78, 5) is 15.1. The van der Waals surface area contributed by atoms with Crippen molar-refractivity contribution in [2.45, 2.75) is 50.6 Å². The number of nitrogens with one attached hydrogen (secondary N) is 1. The number of hydrogen-bond acceptors (Lipinski definition) is 6. The Morgan fingerprint density at radius 3 is 2.25 bits per heavy atom. The van der Waals surface area contributed by atoms with Crippen LogP contribution in [-0.2, 0) is 21.4 Å². The van der Waals surface area contributed by atoms with E-state index in [0.29, 0.717) is 25.4 Å². The minimum atomic E-state index is -3.71. The summed E-state index contributed by atoms with van der Waals surface area (Å²) in [6, 6.07) is 4.98. The van der Waals surface area contributed by atoms with Gasteiger partial charge in [0.25, 0.3) is 0 Å². The molecule has 5 rings (SSSR count). The molecule has 0 heterocycles. The van der Waals surface area contributed by atoms with Crippen molar-refractivity contribution in [2.24, 2.45) is 17.8 Å². The zero-order valence-corrected chi connectivity index (χ0v) is 19.9. The minimum Gasteiger partial charge on any atom is -0.493 e. The summed E-state index contributed by atoms with van der Waals surface area (Å²) >= 11 is 0. The number of carbonyl (C=O) groups is 1. The van der Waals surface area contributed by atoms with Crippen LogP contribution in [0.1, 0.15) is 44.1 Å². The van der Waals surface area contributed by atoms with Crippen LogP contribution < -0.4 is 14.2 Å². The first-order chi connectivity index (χ1) is 15.2. The third-order valence-corrected chi connectivity index (χ3v) is 7.59. The molecule has 0 spiro atoms. The quantitative estimate of drug-likeness (QED) is 0.562. The van der Waals surface area contributed by atoms with Crippen molar-refractivity contribution in [1.82, 2.24) is 10.2 Å². The van der Waals surface area contributed by atoms with E-state index in [2.05, 4.69) is 5.32 Å². The fraction of sp³-hybridized carbons (Fsp3) is 0.696. The van der Waals surface area contributed by atoms with Crippen LogP contribution in [0.3, 0.4) is 0 Å². The number of methoxy groups -OCH3 is 2. The Morgan fingerprint density at radius 1 is 1.09 bits per heavy atom. The van der Waals surface area contributed by atoms with Crippen molar-refractivity contribution in [1.29, 1.82) is 0 Å². The van der Waals surface area contributed by atoms with Gasteiger partial charge in [-0.3, -0.25) is 0 Å². The second-order valence-corrected chi connectivity index (χ2v) is 11.4. The molecule has 1 aromatic carbocycles. The van der Waals surface area contributed by atoms with Gasteiger partial charge in [0.15, 0.2) is 11.5 Å². The van der Waals surface area contributed by atoms with Crippen molar-refractivity contribution in [3.63, 3.8) is 0 Å². The lowest BCUT2D eigenvalue weighted by Crippen LogP contribution is -2.62. The van der Waals surface area contributed by atoms with Crippen molar-refractivity contribution in [2.75, 3.05) is 33.6 Å². The number of hydrogen-bond donors (Lipinski definition) is 1. The number of amides is 2.